The largest absolute Gasteiger partial charge is 0.394 e. The molecule has 0 radical (unpaired) electrons. The van der Waals surface area contributed by atoms with Gasteiger partial charge >= 0.3 is 0 Å². The van der Waals surface area contributed by atoms with E-state index in [-0.39, 0.29) is 6.61 Å². The van der Waals surface area contributed by atoms with Gasteiger partial charge in [-0.15, -0.1) is 0 Å². The van der Waals surface area contributed by atoms with Gasteiger partial charge in [-0.25, -0.2) is 0 Å². The molecule has 1 aromatic carbocycles. The number of para-hydroxylation sites is 1. The maximum atomic E-state index is 8.65. The summed E-state index contributed by atoms with van der Waals surface area (Å²) in [7, 11) is 0. The Bertz CT molecular complexity index is 277. The summed E-state index contributed by atoms with van der Waals surface area (Å²) < 4.78 is 5.32. The monoisotopic (exact) mass is 237 g/mol. The molecule has 0 atom stereocenters. The molecule has 0 amide bonds. The van der Waals surface area contributed by atoms with Gasteiger partial charge in [-0.2, -0.15) is 0 Å². The molecule has 0 aliphatic rings. The van der Waals surface area contributed by atoms with Gasteiger partial charge in [-0.1, -0.05) is 31.5 Å². The van der Waals surface area contributed by atoms with E-state index >= 15 is 0 Å². The summed E-state index contributed by atoms with van der Waals surface area (Å²) in [4.78, 5) is 2.33. The van der Waals surface area contributed by atoms with Gasteiger partial charge in [0.25, 0.3) is 0 Å². The van der Waals surface area contributed by atoms with Crippen LogP contribution in [0.15, 0.2) is 30.3 Å². The van der Waals surface area contributed by atoms with E-state index in [4.69, 9.17) is 9.84 Å². The van der Waals surface area contributed by atoms with E-state index in [0.29, 0.717) is 13.2 Å². The molecule has 17 heavy (non-hydrogen) atoms. The van der Waals surface area contributed by atoms with Gasteiger partial charge in [-0.3, -0.25) is 0 Å². The van der Waals surface area contributed by atoms with Crippen molar-refractivity contribution >= 4 is 5.69 Å². The van der Waals surface area contributed by atoms with Crippen LogP contribution in [-0.4, -0.2) is 38.0 Å². The fraction of sp³-hybridized carbons (Fsp3) is 0.571. The van der Waals surface area contributed by atoms with Crippen molar-refractivity contribution in [1.29, 1.82) is 0 Å². The fourth-order valence-corrected chi connectivity index (χ4v) is 1.70. The Hall–Kier alpha value is -1.06. The average molecular weight is 237 g/mol. The molecule has 1 rings (SSSR count). The molecule has 0 saturated heterocycles. The molecule has 0 aliphatic heterocycles. The Morgan fingerprint density at radius 3 is 2.53 bits per heavy atom. The quantitative estimate of drug-likeness (QED) is 0.669. The summed E-state index contributed by atoms with van der Waals surface area (Å²) in [6, 6.07) is 10.4. The van der Waals surface area contributed by atoms with E-state index < -0.39 is 0 Å². The number of unbranched alkanes of at least 4 members (excludes halogenated alkanes) is 1. The third kappa shape index (κ3) is 5.71. The zero-order valence-corrected chi connectivity index (χ0v) is 10.6. The summed E-state index contributed by atoms with van der Waals surface area (Å²) in [5.74, 6) is 0. The highest BCUT2D eigenvalue weighted by molar-refractivity contribution is 5.45. The lowest BCUT2D eigenvalue weighted by molar-refractivity contribution is 0.0966. The molecule has 0 bridgehead atoms. The molecule has 1 aromatic rings. The standard InChI is InChI=1S/C14H23NO2/c1-2-3-9-15(10-12-17-13-11-16)14-7-5-4-6-8-14/h4-8,16H,2-3,9-13H2,1H3. The smallest absolute Gasteiger partial charge is 0.0698 e. The first-order valence-corrected chi connectivity index (χ1v) is 6.37. The topological polar surface area (TPSA) is 32.7 Å². The first-order valence-electron chi connectivity index (χ1n) is 6.37. The second-order valence-corrected chi connectivity index (χ2v) is 4.01. The van der Waals surface area contributed by atoms with Crippen LogP contribution >= 0.6 is 0 Å². The zero-order chi connectivity index (χ0) is 12.3. The van der Waals surface area contributed by atoms with Gasteiger partial charge in [0.2, 0.25) is 0 Å². The summed E-state index contributed by atoms with van der Waals surface area (Å²) in [6.45, 7) is 5.33. The molecule has 0 heterocycles. The summed E-state index contributed by atoms with van der Waals surface area (Å²) in [6.07, 6.45) is 2.38. The van der Waals surface area contributed by atoms with E-state index in [0.717, 1.165) is 13.1 Å². The number of ether oxygens (including phenoxy) is 1. The predicted molar refractivity (Wildman–Crippen MR) is 71.5 cm³/mol. The van der Waals surface area contributed by atoms with E-state index in [9.17, 15) is 0 Å². The molecule has 3 nitrogen and oxygen atoms in total. The Labute approximate surface area is 104 Å². The van der Waals surface area contributed by atoms with Gasteiger partial charge in [0, 0.05) is 18.8 Å². The van der Waals surface area contributed by atoms with Crippen LogP contribution < -0.4 is 4.90 Å². The Balaban J connectivity index is 2.43. The number of rotatable bonds is 9. The maximum Gasteiger partial charge on any atom is 0.0698 e. The lowest BCUT2D eigenvalue weighted by atomic mass is 10.2. The van der Waals surface area contributed by atoms with Crippen molar-refractivity contribution in [2.24, 2.45) is 0 Å². The van der Waals surface area contributed by atoms with Crippen molar-refractivity contribution in [3.8, 4) is 0 Å². The van der Waals surface area contributed by atoms with Crippen molar-refractivity contribution in [3.63, 3.8) is 0 Å². The molecular formula is C14H23NO2. The molecule has 0 saturated carbocycles. The summed E-state index contributed by atoms with van der Waals surface area (Å²) >= 11 is 0. The highest BCUT2D eigenvalue weighted by Crippen LogP contribution is 2.13. The normalized spacial score (nSPS) is 10.5. The number of anilines is 1. The Morgan fingerprint density at radius 2 is 1.88 bits per heavy atom. The van der Waals surface area contributed by atoms with Gasteiger partial charge in [0.05, 0.1) is 19.8 Å². The van der Waals surface area contributed by atoms with E-state index in [1.54, 1.807) is 0 Å². The molecule has 0 aliphatic carbocycles. The van der Waals surface area contributed by atoms with Crippen LogP contribution in [0.25, 0.3) is 0 Å². The minimum Gasteiger partial charge on any atom is -0.394 e. The fourth-order valence-electron chi connectivity index (χ4n) is 1.70. The van der Waals surface area contributed by atoms with Gasteiger partial charge in [0.15, 0.2) is 0 Å². The van der Waals surface area contributed by atoms with Crippen molar-refractivity contribution in [2.75, 3.05) is 37.8 Å². The van der Waals surface area contributed by atoms with Crippen LogP contribution in [0, 0.1) is 0 Å². The highest BCUT2D eigenvalue weighted by atomic mass is 16.5. The van der Waals surface area contributed by atoms with E-state index in [1.165, 1.54) is 18.5 Å². The van der Waals surface area contributed by atoms with Crippen LogP contribution in [0.2, 0.25) is 0 Å². The van der Waals surface area contributed by atoms with Crippen LogP contribution in [0.5, 0.6) is 0 Å². The van der Waals surface area contributed by atoms with Gasteiger partial charge in [0.1, 0.15) is 0 Å². The van der Waals surface area contributed by atoms with Gasteiger partial charge in [-0.05, 0) is 18.6 Å². The van der Waals surface area contributed by atoms with Gasteiger partial charge < -0.3 is 14.7 Å². The third-order valence-corrected chi connectivity index (χ3v) is 2.64. The zero-order valence-electron chi connectivity index (χ0n) is 10.6. The minimum absolute atomic E-state index is 0.0975. The summed E-state index contributed by atoms with van der Waals surface area (Å²) in [5.41, 5.74) is 1.24. The number of hydrogen-bond acceptors (Lipinski definition) is 3. The maximum absolute atomic E-state index is 8.65. The molecule has 0 fully saturated rings. The van der Waals surface area contributed by atoms with E-state index in [2.05, 4.69) is 36.1 Å². The third-order valence-electron chi connectivity index (χ3n) is 2.64. The number of nitrogens with zero attached hydrogens (tertiary/aromatic N) is 1. The van der Waals surface area contributed by atoms with Crippen LogP contribution in [-0.2, 0) is 4.74 Å². The number of hydrogen-bond donors (Lipinski definition) is 1. The van der Waals surface area contributed by atoms with Crippen molar-refractivity contribution in [3.05, 3.63) is 30.3 Å². The predicted octanol–water partition coefficient (Wildman–Crippen LogP) is 2.30. The number of aliphatic hydroxyl groups is 1. The first kappa shape index (κ1) is 14.0. The Kier molecular flexibility index (Phi) is 7.43. The highest BCUT2D eigenvalue weighted by Gasteiger charge is 2.04. The van der Waals surface area contributed by atoms with Crippen molar-refractivity contribution < 1.29 is 9.84 Å². The summed E-state index contributed by atoms with van der Waals surface area (Å²) in [5, 5.41) is 8.65. The lowest BCUT2D eigenvalue weighted by Gasteiger charge is -2.24. The molecule has 3 heteroatoms. The average Bonchev–Trinajstić information content (AvgIpc) is 2.39. The molecule has 0 unspecified atom stereocenters. The lowest BCUT2D eigenvalue weighted by Crippen LogP contribution is -2.28. The second-order valence-electron chi connectivity index (χ2n) is 4.01. The number of aliphatic hydroxyl groups excluding tert-OH is 1. The molecule has 96 valence electrons. The van der Waals surface area contributed by atoms with E-state index in [1.807, 2.05) is 6.07 Å². The molecule has 1 N–H and O–H groups in total. The van der Waals surface area contributed by atoms with Crippen LogP contribution in [0.4, 0.5) is 5.69 Å². The molecular weight excluding hydrogens is 214 g/mol. The van der Waals surface area contributed by atoms with Crippen molar-refractivity contribution in [1.82, 2.24) is 0 Å². The Morgan fingerprint density at radius 1 is 1.12 bits per heavy atom. The number of benzene rings is 1. The molecule has 0 spiro atoms. The molecule has 0 aromatic heterocycles. The first-order chi connectivity index (χ1) is 8.38. The van der Waals surface area contributed by atoms with Crippen molar-refractivity contribution in [2.45, 2.75) is 19.8 Å². The second kappa shape index (κ2) is 9.02. The SMILES string of the molecule is CCCCN(CCOCCO)c1ccccc1. The minimum atomic E-state index is 0.0975. The van der Waals surface area contributed by atoms with Crippen LogP contribution in [0.1, 0.15) is 19.8 Å². The van der Waals surface area contributed by atoms with Crippen LogP contribution in [0.3, 0.4) is 0 Å².